The second kappa shape index (κ2) is 15.5. The number of benzene rings is 3. The summed E-state index contributed by atoms with van der Waals surface area (Å²) in [7, 11) is 0. The van der Waals surface area contributed by atoms with E-state index in [0.29, 0.717) is 17.7 Å². The van der Waals surface area contributed by atoms with E-state index in [-0.39, 0.29) is 22.5 Å². The fourth-order valence-electron chi connectivity index (χ4n) is 4.31. The van der Waals surface area contributed by atoms with E-state index in [9.17, 15) is 9.59 Å². The van der Waals surface area contributed by atoms with E-state index >= 15 is 4.39 Å². The monoisotopic (exact) mass is 570 g/mol. The maximum Gasteiger partial charge on any atom is 0.338 e. The van der Waals surface area contributed by atoms with Crippen molar-refractivity contribution in [1.29, 1.82) is 0 Å². The third-order valence-electron chi connectivity index (χ3n) is 6.62. The SMILES string of the molecule is C=C(C)C(=O)O/C=C\Oc1cc(-c2ccc(-c3ccc(CCCCC)cc3)cc2F)c(OC(=O)C(=C)C)cc1CCC. The van der Waals surface area contributed by atoms with E-state index < -0.39 is 17.8 Å². The van der Waals surface area contributed by atoms with Gasteiger partial charge in [0.05, 0.1) is 0 Å². The molecule has 3 rings (SSSR count). The van der Waals surface area contributed by atoms with Crippen LogP contribution in [-0.4, -0.2) is 11.9 Å². The molecule has 0 spiro atoms. The third-order valence-corrected chi connectivity index (χ3v) is 6.62. The zero-order chi connectivity index (χ0) is 30.6. The van der Waals surface area contributed by atoms with Gasteiger partial charge in [-0.05, 0) is 73.6 Å². The van der Waals surface area contributed by atoms with Crippen LogP contribution in [0.5, 0.6) is 11.5 Å². The summed E-state index contributed by atoms with van der Waals surface area (Å²) >= 11 is 0. The molecular weight excluding hydrogens is 531 g/mol. The van der Waals surface area contributed by atoms with Crippen molar-refractivity contribution in [3.05, 3.63) is 108 Å². The number of ether oxygens (including phenoxy) is 3. The van der Waals surface area contributed by atoms with Crippen LogP contribution in [0.15, 0.2) is 91.4 Å². The highest BCUT2D eigenvalue weighted by atomic mass is 19.1. The molecule has 0 saturated carbocycles. The molecule has 0 saturated heterocycles. The molecule has 0 aromatic heterocycles. The number of carbonyl (C=O) groups is 2. The summed E-state index contributed by atoms with van der Waals surface area (Å²) in [6.45, 7) is 14.5. The highest BCUT2D eigenvalue weighted by Crippen LogP contribution is 2.39. The molecule has 3 aromatic rings. The normalized spacial score (nSPS) is 10.9. The first-order chi connectivity index (χ1) is 20.1. The average Bonchev–Trinajstić information content (AvgIpc) is 2.96. The maximum atomic E-state index is 15.8. The highest BCUT2D eigenvalue weighted by Gasteiger charge is 2.19. The Morgan fingerprint density at radius 3 is 2.07 bits per heavy atom. The Labute approximate surface area is 248 Å². The number of carbonyl (C=O) groups excluding carboxylic acids is 2. The van der Waals surface area contributed by atoms with Gasteiger partial charge in [-0.1, -0.05) is 82.7 Å². The molecule has 5 nitrogen and oxygen atoms in total. The van der Waals surface area contributed by atoms with Crippen LogP contribution in [-0.2, 0) is 27.2 Å². The molecule has 0 bridgehead atoms. The van der Waals surface area contributed by atoms with Crippen LogP contribution in [0.4, 0.5) is 4.39 Å². The first-order valence-corrected chi connectivity index (χ1v) is 14.3. The molecule has 0 atom stereocenters. The smallest absolute Gasteiger partial charge is 0.338 e. The minimum absolute atomic E-state index is 0.194. The number of hydrogen-bond acceptors (Lipinski definition) is 5. The summed E-state index contributed by atoms with van der Waals surface area (Å²) < 4.78 is 32.2. The predicted molar refractivity (Wildman–Crippen MR) is 166 cm³/mol. The topological polar surface area (TPSA) is 61.8 Å². The summed E-state index contributed by atoms with van der Waals surface area (Å²) in [5.41, 5.74) is 4.68. The Morgan fingerprint density at radius 1 is 0.762 bits per heavy atom. The molecule has 0 aliphatic heterocycles. The van der Waals surface area contributed by atoms with Crippen LogP contribution in [0.1, 0.15) is 64.5 Å². The van der Waals surface area contributed by atoms with Crippen LogP contribution < -0.4 is 9.47 Å². The molecular formula is C36H39FO5. The largest absolute Gasteiger partial charge is 0.461 e. The summed E-state index contributed by atoms with van der Waals surface area (Å²) in [4.78, 5) is 24.2. The van der Waals surface area contributed by atoms with Crippen LogP contribution in [0.25, 0.3) is 22.3 Å². The van der Waals surface area contributed by atoms with E-state index in [4.69, 9.17) is 14.2 Å². The Balaban J connectivity index is 2.00. The molecule has 0 N–H and O–H groups in total. The van der Waals surface area contributed by atoms with Gasteiger partial charge < -0.3 is 14.2 Å². The second-order valence-corrected chi connectivity index (χ2v) is 10.3. The number of halogens is 1. The molecule has 6 heteroatoms. The van der Waals surface area contributed by atoms with Crippen molar-refractivity contribution in [3.63, 3.8) is 0 Å². The Morgan fingerprint density at radius 2 is 1.45 bits per heavy atom. The molecule has 0 fully saturated rings. The average molecular weight is 571 g/mol. The minimum Gasteiger partial charge on any atom is -0.461 e. The third kappa shape index (κ3) is 8.77. The van der Waals surface area contributed by atoms with Crippen molar-refractivity contribution in [1.82, 2.24) is 0 Å². The lowest BCUT2D eigenvalue weighted by atomic mass is 9.96. The lowest BCUT2D eigenvalue weighted by Gasteiger charge is -2.17. The summed E-state index contributed by atoms with van der Waals surface area (Å²) in [5.74, 6) is -1.08. The quantitative estimate of drug-likeness (QED) is 0.0635. The highest BCUT2D eigenvalue weighted by molar-refractivity contribution is 5.90. The van der Waals surface area contributed by atoms with Gasteiger partial charge in [0.15, 0.2) is 0 Å². The fraction of sp³-hybridized carbons (Fsp3) is 0.278. The molecule has 0 amide bonds. The van der Waals surface area contributed by atoms with E-state index in [2.05, 4.69) is 32.2 Å². The standard InChI is InChI=1S/C36H39FO5/c1-7-9-10-12-26-13-15-27(16-14-26)28-17-18-30(32(37)21-28)31-23-33(40-19-20-41-35(38)24(3)4)29(11-8-2)22-34(31)42-36(39)25(5)6/h13-23H,3,5,7-12H2,1-2,4,6H3/b20-19-. The van der Waals surface area contributed by atoms with Crippen molar-refractivity contribution >= 4 is 11.9 Å². The lowest BCUT2D eigenvalue weighted by Crippen LogP contribution is -2.10. The first kappa shape index (κ1) is 32.1. The van der Waals surface area contributed by atoms with Crippen LogP contribution in [0.2, 0.25) is 0 Å². The van der Waals surface area contributed by atoms with Gasteiger partial charge in [0.25, 0.3) is 0 Å². The van der Waals surface area contributed by atoms with Crippen molar-refractivity contribution in [2.24, 2.45) is 0 Å². The molecule has 0 radical (unpaired) electrons. The predicted octanol–water partition coefficient (Wildman–Crippen LogP) is 9.30. The summed E-state index contributed by atoms with van der Waals surface area (Å²) in [6, 6.07) is 16.5. The van der Waals surface area contributed by atoms with Gasteiger partial charge >= 0.3 is 11.9 Å². The van der Waals surface area contributed by atoms with E-state index in [0.717, 1.165) is 42.2 Å². The van der Waals surface area contributed by atoms with Crippen molar-refractivity contribution in [3.8, 4) is 33.8 Å². The molecule has 0 heterocycles. The number of aryl methyl sites for hydroxylation is 2. The van der Waals surface area contributed by atoms with Gasteiger partial charge in [-0.25, -0.2) is 14.0 Å². The van der Waals surface area contributed by atoms with Crippen molar-refractivity contribution in [2.45, 2.75) is 66.2 Å². The molecule has 42 heavy (non-hydrogen) atoms. The molecule has 0 aliphatic rings. The molecule has 0 aliphatic carbocycles. The van der Waals surface area contributed by atoms with Crippen molar-refractivity contribution in [2.75, 3.05) is 0 Å². The zero-order valence-electron chi connectivity index (χ0n) is 24.9. The summed E-state index contributed by atoms with van der Waals surface area (Å²) in [5, 5.41) is 0. The van der Waals surface area contributed by atoms with Gasteiger partial charge in [-0.3, -0.25) is 0 Å². The zero-order valence-corrected chi connectivity index (χ0v) is 24.9. The van der Waals surface area contributed by atoms with Crippen LogP contribution in [0, 0.1) is 5.82 Å². The van der Waals surface area contributed by atoms with Gasteiger partial charge in [0.1, 0.15) is 29.8 Å². The van der Waals surface area contributed by atoms with Gasteiger partial charge in [-0.15, -0.1) is 0 Å². The minimum atomic E-state index is -0.616. The lowest BCUT2D eigenvalue weighted by molar-refractivity contribution is -0.133. The molecule has 220 valence electrons. The van der Waals surface area contributed by atoms with Gasteiger partial charge in [0.2, 0.25) is 0 Å². The Kier molecular flexibility index (Phi) is 11.9. The van der Waals surface area contributed by atoms with Gasteiger partial charge in [0, 0.05) is 22.3 Å². The number of esters is 2. The van der Waals surface area contributed by atoms with E-state index in [1.165, 1.54) is 37.7 Å². The Hall–Kier alpha value is -4.45. The second-order valence-electron chi connectivity index (χ2n) is 10.3. The van der Waals surface area contributed by atoms with E-state index in [1.54, 1.807) is 25.1 Å². The fourth-order valence-corrected chi connectivity index (χ4v) is 4.31. The van der Waals surface area contributed by atoms with Crippen LogP contribution >= 0.6 is 0 Å². The Bertz CT molecular complexity index is 1470. The molecule has 0 unspecified atom stereocenters. The number of unbranched alkanes of at least 4 members (excludes halogenated alkanes) is 2. The van der Waals surface area contributed by atoms with Crippen LogP contribution in [0.3, 0.4) is 0 Å². The maximum absolute atomic E-state index is 15.8. The van der Waals surface area contributed by atoms with Crippen molar-refractivity contribution < 1.29 is 28.2 Å². The summed E-state index contributed by atoms with van der Waals surface area (Å²) in [6.07, 6.45) is 8.26. The number of rotatable bonds is 14. The number of hydrogen-bond donors (Lipinski definition) is 0. The first-order valence-electron chi connectivity index (χ1n) is 14.3. The molecule has 3 aromatic carbocycles. The van der Waals surface area contributed by atoms with Gasteiger partial charge in [-0.2, -0.15) is 0 Å². The van der Waals surface area contributed by atoms with E-state index in [1.807, 2.05) is 25.1 Å².